The topological polar surface area (TPSA) is 59.4 Å². The fourth-order valence-corrected chi connectivity index (χ4v) is 4.04. The van der Waals surface area contributed by atoms with Crippen molar-refractivity contribution >= 4 is 11.6 Å². The van der Waals surface area contributed by atoms with Crippen LogP contribution >= 0.6 is 0 Å². The van der Waals surface area contributed by atoms with Gasteiger partial charge < -0.3 is 15.0 Å². The summed E-state index contributed by atoms with van der Waals surface area (Å²) >= 11 is 0. The molecule has 0 radical (unpaired) electrons. The van der Waals surface area contributed by atoms with Crippen LogP contribution < -0.4 is 15.0 Å². The lowest BCUT2D eigenvalue weighted by Crippen LogP contribution is -2.47. The van der Waals surface area contributed by atoms with Crippen molar-refractivity contribution in [3.05, 3.63) is 96.7 Å². The van der Waals surface area contributed by atoms with Crippen LogP contribution in [0, 0.1) is 0 Å². The van der Waals surface area contributed by atoms with E-state index in [1.807, 2.05) is 77.5 Å². The number of anilines is 1. The number of nitrogens with one attached hydrogen (secondary N) is 1. The number of ether oxygens (including phenoxy) is 1. The fraction of sp³-hybridized carbons (Fsp3) is 0.154. The molecule has 6 heteroatoms. The first kappa shape index (κ1) is 19.9. The van der Waals surface area contributed by atoms with Gasteiger partial charge in [0.05, 0.1) is 23.6 Å². The van der Waals surface area contributed by atoms with Crippen LogP contribution in [0.15, 0.2) is 91.1 Å². The molecule has 0 saturated heterocycles. The van der Waals surface area contributed by atoms with Crippen molar-refractivity contribution < 1.29 is 9.53 Å². The predicted molar refractivity (Wildman–Crippen MR) is 125 cm³/mol. The molecule has 0 spiro atoms. The highest BCUT2D eigenvalue weighted by molar-refractivity contribution is 5.83. The summed E-state index contributed by atoms with van der Waals surface area (Å²) in [6.07, 6.45) is 1.50. The Hall–Kier alpha value is -4.06. The maximum absolute atomic E-state index is 12.4. The van der Waals surface area contributed by atoms with E-state index in [1.54, 1.807) is 7.05 Å². The van der Waals surface area contributed by atoms with Crippen molar-refractivity contribution in [1.82, 2.24) is 15.1 Å². The Labute approximate surface area is 187 Å². The quantitative estimate of drug-likeness (QED) is 0.525. The molecule has 0 bridgehead atoms. The van der Waals surface area contributed by atoms with Crippen molar-refractivity contribution in [3.8, 4) is 22.7 Å². The first-order chi connectivity index (χ1) is 15.7. The summed E-state index contributed by atoms with van der Waals surface area (Å²) in [4.78, 5) is 14.6. The summed E-state index contributed by atoms with van der Waals surface area (Å²) in [5.41, 5.74) is 5.03. The van der Waals surface area contributed by atoms with E-state index < -0.39 is 6.10 Å². The summed E-state index contributed by atoms with van der Waals surface area (Å²) < 4.78 is 7.88. The molecule has 5 rings (SSSR count). The summed E-state index contributed by atoms with van der Waals surface area (Å²) in [6, 6.07) is 28.1. The number of benzene rings is 3. The van der Waals surface area contributed by atoms with Gasteiger partial charge in [-0.3, -0.25) is 4.79 Å². The van der Waals surface area contributed by atoms with Crippen LogP contribution in [0.2, 0.25) is 0 Å². The third kappa shape index (κ3) is 3.83. The second-order valence-electron chi connectivity index (χ2n) is 7.72. The molecule has 4 aromatic rings. The molecule has 0 saturated carbocycles. The smallest absolute Gasteiger partial charge is 0.262 e. The number of aromatic nitrogens is 2. The minimum atomic E-state index is -0.570. The summed E-state index contributed by atoms with van der Waals surface area (Å²) in [5, 5.41) is 7.63. The molecule has 0 fully saturated rings. The third-order valence-corrected chi connectivity index (χ3v) is 5.62. The third-order valence-electron chi connectivity index (χ3n) is 5.62. The maximum atomic E-state index is 12.4. The normalized spacial score (nSPS) is 15.0. The van der Waals surface area contributed by atoms with Gasteiger partial charge in [0, 0.05) is 30.9 Å². The molecule has 1 aliphatic rings. The zero-order valence-electron chi connectivity index (χ0n) is 17.8. The van der Waals surface area contributed by atoms with E-state index in [9.17, 15) is 4.79 Å². The molecule has 6 nitrogen and oxygen atoms in total. The Morgan fingerprint density at radius 2 is 1.69 bits per heavy atom. The van der Waals surface area contributed by atoms with Crippen molar-refractivity contribution in [3.63, 3.8) is 0 Å². The molecule has 1 aliphatic heterocycles. The Morgan fingerprint density at radius 3 is 2.44 bits per heavy atom. The molecule has 2 heterocycles. The van der Waals surface area contributed by atoms with E-state index in [0.29, 0.717) is 18.8 Å². The molecular weight excluding hydrogens is 400 g/mol. The van der Waals surface area contributed by atoms with Gasteiger partial charge in [0.2, 0.25) is 0 Å². The first-order valence-corrected chi connectivity index (χ1v) is 10.6. The van der Waals surface area contributed by atoms with Gasteiger partial charge in [-0.1, -0.05) is 60.7 Å². The zero-order chi connectivity index (χ0) is 21.9. The summed E-state index contributed by atoms with van der Waals surface area (Å²) in [7, 11) is 1.63. The SMILES string of the molecule is CNC(=O)[C@H]1CN(Cc2cn(-c3ccccc3)nc2-c2ccccc2)c2ccccc2O1. The number of nitrogens with zero attached hydrogens (tertiary/aromatic N) is 3. The standard InChI is InChI=1S/C26H24N4O2/c1-27-26(31)24-18-29(22-14-8-9-15-23(22)32-24)16-20-17-30(21-12-6-3-7-13-21)28-25(20)19-10-4-2-5-11-19/h2-15,17,24H,16,18H2,1H3,(H,27,31)/t24-/m1/s1. The van der Waals surface area contributed by atoms with E-state index >= 15 is 0 Å². The van der Waals surface area contributed by atoms with Crippen LogP contribution in [-0.2, 0) is 11.3 Å². The van der Waals surface area contributed by atoms with Crippen molar-refractivity contribution in [2.45, 2.75) is 12.6 Å². The van der Waals surface area contributed by atoms with Gasteiger partial charge in [-0.15, -0.1) is 0 Å². The molecule has 3 aromatic carbocycles. The number of rotatable bonds is 5. The average Bonchev–Trinajstić information content (AvgIpc) is 3.28. The Bertz CT molecular complexity index is 1220. The molecule has 1 atom stereocenters. The Balaban J connectivity index is 1.55. The molecule has 32 heavy (non-hydrogen) atoms. The molecular formula is C26H24N4O2. The summed E-state index contributed by atoms with van der Waals surface area (Å²) in [6.45, 7) is 1.06. The van der Waals surface area contributed by atoms with E-state index in [4.69, 9.17) is 9.84 Å². The molecule has 160 valence electrons. The van der Waals surface area contributed by atoms with E-state index in [0.717, 1.165) is 28.2 Å². The van der Waals surface area contributed by atoms with Gasteiger partial charge in [0.1, 0.15) is 5.75 Å². The van der Waals surface area contributed by atoms with Gasteiger partial charge in [-0.05, 0) is 24.3 Å². The molecule has 1 amide bonds. The number of carbonyl (C=O) groups is 1. The summed E-state index contributed by atoms with van der Waals surface area (Å²) in [5.74, 6) is 0.580. The van der Waals surface area contributed by atoms with E-state index in [-0.39, 0.29) is 5.91 Å². The Morgan fingerprint density at radius 1 is 1.00 bits per heavy atom. The number of fused-ring (bicyclic) bond motifs is 1. The van der Waals surface area contributed by atoms with Crippen LogP contribution in [0.4, 0.5) is 5.69 Å². The highest BCUT2D eigenvalue weighted by Crippen LogP contribution is 2.35. The van der Waals surface area contributed by atoms with Gasteiger partial charge >= 0.3 is 0 Å². The van der Waals surface area contributed by atoms with Gasteiger partial charge in [0.15, 0.2) is 6.10 Å². The van der Waals surface area contributed by atoms with Crippen molar-refractivity contribution in [2.75, 3.05) is 18.5 Å². The van der Waals surface area contributed by atoms with Gasteiger partial charge in [-0.25, -0.2) is 4.68 Å². The number of hydrogen-bond donors (Lipinski definition) is 1. The lowest BCUT2D eigenvalue weighted by atomic mass is 10.1. The molecule has 0 aliphatic carbocycles. The average molecular weight is 425 g/mol. The van der Waals surface area contributed by atoms with E-state index in [1.165, 1.54) is 0 Å². The molecule has 0 unspecified atom stereocenters. The molecule has 1 N–H and O–H groups in total. The highest BCUT2D eigenvalue weighted by atomic mass is 16.5. The minimum absolute atomic E-state index is 0.132. The first-order valence-electron chi connectivity index (χ1n) is 10.6. The Kier molecular flexibility index (Phi) is 5.34. The maximum Gasteiger partial charge on any atom is 0.262 e. The fourth-order valence-electron chi connectivity index (χ4n) is 4.04. The lowest BCUT2D eigenvalue weighted by molar-refractivity contribution is -0.127. The number of likely N-dealkylation sites (N-methyl/N-ethyl adjacent to an activating group) is 1. The van der Waals surface area contributed by atoms with Crippen molar-refractivity contribution in [2.24, 2.45) is 0 Å². The lowest BCUT2D eigenvalue weighted by Gasteiger charge is -2.35. The zero-order valence-corrected chi connectivity index (χ0v) is 17.8. The van der Waals surface area contributed by atoms with Crippen LogP contribution in [0.1, 0.15) is 5.56 Å². The van der Waals surface area contributed by atoms with Crippen LogP contribution in [0.5, 0.6) is 5.75 Å². The largest absolute Gasteiger partial charge is 0.477 e. The van der Waals surface area contributed by atoms with E-state index in [2.05, 4.69) is 28.5 Å². The van der Waals surface area contributed by atoms with Crippen LogP contribution in [-0.4, -0.2) is 35.4 Å². The minimum Gasteiger partial charge on any atom is -0.477 e. The number of hydrogen-bond acceptors (Lipinski definition) is 4. The highest BCUT2D eigenvalue weighted by Gasteiger charge is 2.31. The van der Waals surface area contributed by atoms with Crippen molar-refractivity contribution in [1.29, 1.82) is 0 Å². The van der Waals surface area contributed by atoms with Gasteiger partial charge in [-0.2, -0.15) is 5.10 Å². The predicted octanol–water partition coefficient (Wildman–Crippen LogP) is 4.05. The second kappa shape index (κ2) is 8.59. The van der Waals surface area contributed by atoms with Crippen LogP contribution in [0.3, 0.4) is 0 Å². The molecule has 1 aromatic heterocycles. The number of carbonyl (C=O) groups excluding carboxylic acids is 1. The number of amides is 1. The van der Waals surface area contributed by atoms with Crippen LogP contribution in [0.25, 0.3) is 16.9 Å². The second-order valence-corrected chi connectivity index (χ2v) is 7.72. The number of para-hydroxylation sites is 3. The monoisotopic (exact) mass is 424 g/mol. The van der Waals surface area contributed by atoms with Gasteiger partial charge in [0.25, 0.3) is 5.91 Å².